The SMILES string of the molecule is CCC[C@@H](CCC#N)OC(=O)OCC. The average Bonchev–Trinajstić information content (AvgIpc) is 2.15. The normalized spacial score (nSPS) is 11.5. The number of hydrogen-bond acceptors (Lipinski definition) is 4. The molecule has 0 aliphatic heterocycles. The van der Waals surface area contributed by atoms with Crippen LogP contribution in [0.4, 0.5) is 4.79 Å². The molecule has 0 heterocycles. The third-order valence-electron chi connectivity index (χ3n) is 1.71. The largest absolute Gasteiger partial charge is 0.508 e. The fraction of sp³-hybridized carbons (Fsp3) is 0.800. The highest BCUT2D eigenvalue weighted by Gasteiger charge is 2.13. The Hall–Kier alpha value is -1.24. The molecule has 0 aromatic carbocycles. The Morgan fingerprint density at radius 2 is 2.14 bits per heavy atom. The summed E-state index contributed by atoms with van der Waals surface area (Å²) >= 11 is 0. The van der Waals surface area contributed by atoms with Gasteiger partial charge >= 0.3 is 6.16 Å². The van der Waals surface area contributed by atoms with Crippen LogP contribution >= 0.6 is 0 Å². The van der Waals surface area contributed by atoms with Crippen molar-refractivity contribution in [1.29, 1.82) is 5.26 Å². The first-order valence-electron chi connectivity index (χ1n) is 4.94. The van der Waals surface area contributed by atoms with Crippen LogP contribution in [0, 0.1) is 11.3 Å². The zero-order valence-electron chi connectivity index (χ0n) is 8.78. The van der Waals surface area contributed by atoms with E-state index in [2.05, 4.69) is 4.74 Å². The van der Waals surface area contributed by atoms with E-state index in [-0.39, 0.29) is 6.10 Å². The monoisotopic (exact) mass is 199 g/mol. The zero-order valence-corrected chi connectivity index (χ0v) is 8.78. The zero-order chi connectivity index (χ0) is 10.8. The highest BCUT2D eigenvalue weighted by atomic mass is 16.7. The molecule has 0 bridgehead atoms. The number of rotatable bonds is 6. The van der Waals surface area contributed by atoms with Gasteiger partial charge in [0.1, 0.15) is 6.10 Å². The maximum Gasteiger partial charge on any atom is 0.508 e. The van der Waals surface area contributed by atoms with Crippen molar-refractivity contribution in [2.75, 3.05) is 6.61 Å². The smallest absolute Gasteiger partial charge is 0.435 e. The molecule has 4 heteroatoms. The molecule has 4 nitrogen and oxygen atoms in total. The standard InChI is InChI=1S/C10H17NO3/c1-3-6-9(7-5-8-11)14-10(12)13-4-2/h9H,3-7H2,1-2H3/t9-/m0/s1. The van der Waals surface area contributed by atoms with Crippen molar-refractivity contribution in [3.05, 3.63) is 0 Å². The third kappa shape index (κ3) is 6.30. The molecule has 80 valence electrons. The van der Waals surface area contributed by atoms with Gasteiger partial charge in [-0.15, -0.1) is 0 Å². The lowest BCUT2D eigenvalue weighted by molar-refractivity contribution is 0.0209. The van der Waals surface area contributed by atoms with Gasteiger partial charge in [0.15, 0.2) is 0 Å². The van der Waals surface area contributed by atoms with Gasteiger partial charge < -0.3 is 9.47 Å². The van der Waals surface area contributed by atoms with Gasteiger partial charge in [0.2, 0.25) is 0 Å². The van der Waals surface area contributed by atoms with Crippen molar-refractivity contribution in [2.24, 2.45) is 0 Å². The Balaban J connectivity index is 3.83. The lowest BCUT2D eigenvalue weighted by Crippen LogP contribution is -2.18. The molecule has 0 fully saturated rings. The molecule has 0 spiro atoms. The summed E-state index contributed by atoms with van der Waals surface area (Å²) in [6.07, 6.45) is 1.88. The summed E-state index contributed by atoms with van der Waals surface area (Å²) in [5, 5.41) is 8.40. The Labute approximate surface area is 84.8 Å². The lowest BCUT2D eigenvalue weighted by atomic mass is 10.1. The molecule has 1 atom stereocenters. The quantitative estimate of drug-likeness (QED) is 0.617. The Morgan fingerprint density at radius 3 is 2.64 bits per heavy atom. The van der Waals surface area contributed by atoms with E-state index >= 15 is 0 Å². The van der Waals surface area contributed by atoms with Crippen molar-refractivity contribution in [1.82, 2.24) is 0 Å². The molecule has 0 aliphatic carbocycles. The second-order valence-electron chi connectivity index (χ2n) is 2.91. The molecule has 0 aromatic rings. The van der Waals surface area contributed by atoms with Crippen molar-refractivity contribution in [3.8, 4) is 6.07 Å². The van der Waals surface area contributed by atoms with Crippen LogP contribution < -0.4 is 0 Å². The molecule has 0 unspecified atom stereocenters. The summed E-state index contributed by atoms with van der Waals surface area (Å²) < 4.78 is 9.68. The van der Waals surface area contributed by atoms with Crippen LogP contribution in [0.3, 0.4) is 0 Å². The fourth-order valence-corrected chi connectivity index (χ4v) is 1.10. The molecular weight excluding hydrogens is 182 g/mol. The summed E-state index contributed by atoms with van der Waals surface area (Å²) in [4.78, 5) is 11.0. The number of nitrogens with zero attached hydrogens (tertiary/aromatic N) is 1. The average molecular weight is 199 g/mol. The number of ether oxygens (including phenoxy) is 2. The molecule has 0 aliphatic rings. The number of carbonyl (C=O) groups excluding carboxylic acids is 1. The predicted molar refractivity (Wildman–Crippen MR) is 51.7 cm³/mol. The van der Waals surface area contributed by atoms with Gasteiger partial charge in [-0.25, -0.2) is 4.79 Å². The summed E-state index contributed by atoms with van der Waals surface area (Å²) in [5.41, 5.74) is 0. The second kappa shape index (κ2) is 8.36. The van der Waals surface area contributed by atoms with Gasteiger partial charge in [-0.3, -0.25) is 0 Å². The molecule has 0 saturated carbocycles. The van der Waals surface area contributed by atoms with Gasteiger partial charge in [-0.2, -0.15) is 5.26 Å². The Kier molecular flexibility index (Phi) is 7.62. The van der Waals surface area contributed by atoms with Crippen LogP contribution in [-0.2, 0) is 9.47 Å². The van der Waals surface area contributed by atoms with Gasteiger partial charge in [0, 0.05) is 6.42 Å². The van der Waals surface area contributed by atoms with Crippen molar-refractivity contribution in [3.63, 3.8) is 0 Å². The van der Waals surface area contributed by atoms with E-state index in [1.165, 1.54) is 0 Å². The van der Waals surface area contributed by atoms with E-state index in [0.29, 0.717) is 19.4 Å². The molecule has 0 saturated heterocycles. The topological polar surface area (TPSA) is 59.3 Å². The fourth-order valence-electron chi connectivity index (χ4n) is 1.10. The highest BCUT2D eigenvalue weighted by Crippen LogP contribution is 2.10. The van der Waals surface area contributed by atoms with Crippen molar-refractivity contribution >= 4 is 6.16 Å². The summed E-state index contributed by atoms with van der Waals surface area (Å²) in [6.45, 7) is 4.05. The minimum Gasteiger partial charge on any atom is -0.435 e. The molecule has 0 rings (SSSR count). The molecule has 0 radical (unpaired) electrons. The summed E-state index contributed by atoms with van der Waals surface area (Å²) in [5.74, 6) is 0. The van der Waals surface area contributed by atoms with Crippen LogP contribution in [0.2, 0.25) is 0 Å². The highest BCUT2D eigenvalue weighted by molar-refractivity contribution is 5.60. The van der Waals surface area contributed by atoms with Gasteiger partial charge in [-0.1, -0.05) is 13.3 Å². The minimum atomic E-state index is -0.635. The first-order valence-corrected chi connectivity index (χ1v) is 4.94. The number of carbonyl (C=O) groups is 1. The number of hydrogen-bond donors (Lipinski definition) is 0. The molecule has 14 heavy (non-hydrogen) atoms. The lowest BCUT2D eigenvalue weighted by Gasteiger charge is -2.14. The van der Waals surface area contributed by atoms with E-state index in [4.69, 9.17) is 10.00 Å². The third-order valence-corrected chi connectivity index (χ3v) is 1.71. The van der Waals surface area contributed by atoms with Crippen LogP contribution in [0.25, 0.3) is 0 Å². The molecular formula is C10H17NO3. The number of nitriles is 1. The van der Waals surface area contributed by atoms with Crippen LogP contribution in [-0.4, -0.2) is 18.9 Å². The summed E-state index contributed by atoms with van der Waals surface area (Å²) in [6, 6.07) is 2.03. The maximum absolute atomic E-state index is 11.0. The second-order valence-corrected chi connectivity index (χ2v) is 2.91. The van der Waals surface area contributed by atoms with E-state index in [1.54, 1.807) is 6.92 Å². The van der Waals surface area contributed by atoms with Gasteiger partial charge in [0.25, 0.3) is 0 Å². The van der Waals surface area contributed by atoms with Crippen LogP contribution in [0.5, 0.6) is 0 Å². The van der Waals surface area contributed by atoms with E-state index in [1.807, 2.05) is 13.0 Å². The van der Waals surface area contributed by atoms with Crippen molar-refractivity contribution < 1.29 is 14.3 Å². The van der Waals surface area contributed by atoms with Gasteiger partial charge in [0.05, 0.1) is 12.7 Å². The first kappa shape index (κ1) is 12.8. The van der Waals surface area contributed by atoms with E-state index < -0.39 is 6.16 Å². The maximum atomic E-state index is 11.0. The first-order chi connectivity index (χ1) is 6.74. The Bertz CT molecular complexity index is 198. The van der Waals surface area contributed by atoms with Crippen LogP contribution in [0.15, 0.2) is 0 Å². The van der Waals surface area contributed by atoms with Gasteiger partial charge in [-0.05, 0) is 19.8 Å². The Morgan fingerprint density at radius 1 is 1.43 bits per heavy atom. The predicted octanol–water partition coefficient (Wildman–Crippen LogP) is 2.63. The molecule has 0 N–H and O–H groups in total. The van der Waals surface area contributed by atoms with Crippen LogP contribution in [0.1, 0.15) is 39.5 Å². The molecule has 0 amide bonds. The van der Waals surface area contributed by atoms with E-state index in [9.17, 15) is 4.79 Å². The molecule has 0 aromatic heterocycles. The van der Waals surface area contributed by atoms with E-state index in [0.717, 1.165) is 12.8 Å². The summed E-state index contributed by atoms with van der Waals surface area (Å²) in [7, 11) is 0. The van der Waals surface area contributed by atoms with Crippen molar-refractivity contribution in [2.45, 2.75) is 45.6 Å². The minimum absolute atomic E-state index is 0.182.